The lowest BCUT2D eigenvalue weighted by molar-refractivity contribution is 1.55. The molecule has 4 aromatic rings. The fourth-order valence-electron chi connectivity index (χ4n) is 3.16. The first-order valence-corrected chi connectivity index (χ1v) is 6.90. The second kappa shape index (κ2) is 4.24. The quantitative estimate of drug-likeness (QED) is 0.463. The molecule has 0 heterocycles. The maximum atomic E-state index is 3.33. The third-order valence-electron chi connectivity index (χ3n) is 4.04. The molecule has 20 heavy (non-hydrogen) atoms. The van der Waals surface area contributed by atoms with Gasteiger partial charge in [-0.2, -0.15) is 0 Å². The highest BCUT2D eigenvalue weighted by Crippen LogP contribution is 2.38. The van der Waals surface area contributed by atoms with Crippen molar-refractivity contribution in [2.24, 2.45) is 0 Å². The first-order valence-electron chi connectivity index (χ1n) is 6.90. The molecule has 0 aromatic heterocycles. The van der Waals surface area contributed by atoms with Crippen molar-refractivity contribution < 1.29 is 0 Å². The van der Waals surface area contributed by atoms with E-state index in [2.05, 4.69) is 72.0 Å². The summed E-state index contributed by atoms with van der Waals surface area (Å²) in [5.41, 5.74) is 1.18. The predicted molar refractivity (Wildman–Crippen MR) is 88.5 cm³/mol. The zero-order valence-corrected chi connectivity index (χ0v) is 11.4. The molecule has 0 spiro atoms. The highest BCUT2D eigenvalue weighted by molar-refractivity contribution is 6.28. The Kier molecular flexibility index (Phi) is 2.40. The Morgan fingerprint density at radius 2 is 1.00 bits per heavy atom. The normalized spacial score (nSPS) is 11.2. The van der Waals surface area contributed by atoms with Gasteiger partial charge in [0.15, 0.2) is 0 Å². The van der Waals surface area contributed by atoms with E-state index in [9.17, 15) is 0 Å². The zero-order valence-electron chi connectivity index (χ0n) is 11.4. The molecule has 4 rings (SSSR count). The topological polar surface area (TPSA) is 12.0 Å². The maximum absolute atomic E-state index is 3.33. The molecule has 0 aliphatic rings. The van der Waals surface area contributed by atoms with E-state index >= 15 is 0 Å². The number of hydrogen-bond acceptors (Lipinski definition) is 1. The Bertz CT molecular complexity index is 893. The summed E-state index contributed by atoms with van der Waals surface area (Å²) >= 11 is 0. The fraction of sp³-hybridized carbons (Fsp3) is 0.0526. The third-order valence-corrected chi connectivity index (χ3v) is 4.04. The van der Waals surface area contributed by atoms with Crippen LogP contribution in [-0.4, -0.2) is 7.05 Å². The minimum Gasteiger partial charge on any atom is -0.388 e. The summed E-state index contributed by atoms with van der Waals surface area (Å²) in [5, 5.41) is 11.2. The second-order valence-electron chi connectivity index (χ2n) is 5.07. The van der Waals surface area contributed by atoms with Crippen molar-refractivity contribution in [3.8, 4) is 0 Å². The van der Waals surface area contributed by atoms with Gasteiger partial charge in [-0.05, 0) is 33.0 Å². The predicted octanol–water partition coefficient (Wildman–Crippen LogP) is 5.19. The number of anilines is 1. The number of nitrogens with one attached hydrogen (secondary N) is 1. The van der Waals surface area contributed by atoms with Gasteiger partial charge in [-0.25, -0.2) is 0 Å². The molecule has 0 saturated heterocycles. The van der Waals surface area contributed by atoms with Gasteiger partial charge in [0.2, 0.25) is 0 Å². The molecule has 4 aromatic carbocycles. The molecule has 0 bridgehead atoms. The van der Waals surface area contributed by atoms with Crippen LogP contribution < -0.4 is 5.32 Å². The summed E-state index contributed by atoms with van der Waals surface area (Å²) in [6.07, 6.45) is 0. The van der Waals surface area contributed by atoms with E-state index in [1.54, 1.807) is 0 Å². The van der Waals surface area contributed by atoms with Crippen molar-refractivity contribution in [3.63, 3.8) is 0 Å². The Morgan fingerprint density at radius 1 is 0.550 bits per heavy atom. The summed E-state index contributed by atoms with van der Waals surface area (Å²) in [6.45, 7) is 0. The van der Waals surface area contributed by atoms with E-state index < -0.39 is 0 Å². The largest absolute Gasteiger partial charge is 0.388 e. The van der Waals surface area contributed by atoms with Crippen LogP contribution in [0.15, 0.2) is 66.7 Å². The molecule has 1 nitrogen and oxygen atoms in total. The summed E-state index contributed by atoms with van der Waals surface area (Å²) in [4.78, 5) is 0. The van der Waals surface area contributed by atoms with Crippen molar-refractivity contribution in [1.29, 1.82) is 0 Å². The number of benzene rings is 4. The van der Waals surface area contributed by atoms with Crippen LogP contribution in [0.1, 0.15) is 0 Å². The van der Waals surface area contributed by atoms with Crippen LogP contribution in [0.2, 0.25) is 0 Å². The maximum Gasteiger partial charge on any atom is 0.0423 e. The molecule has 0 amide bonds. The Hall–Kier alpha value is -2.54. The highest BCUT2D eigenvalue weighted by Gasteiger charge is 2.09. The van der Waals surface area contributed by atoms with Crippen molar-refractivity contribution in [1.82, 2.24) is 0 Å². The van der Waals surface area contributed by atoms with Crippen molar-refractivity contribution in [3.05, 3.63) is 66.7 Å². The van der Waals surface area contributed by atoms with Crippen LogP contribution in [0.25, 0.3) is 32.3 Å². The molecule has 0 atom stereocenters. The van der Waals surface area contributed by atoms with E-state index in [-0.39, 0.29) is 0 Å². The molecule has 0 fully saturated rings. The average Bonchev–Trinajstić information content (AvgIpc) is 2.54. The van der Waals surface area contributed by atoms with Crippen molar-refractivity contribution >= 4 is 38.0 Å². The van der Waals surface area contributed by atoms with Gasteiger partial charge < -0.3 is 5.32 Å². The monoisotopic (exact) mass is 257 g/mol. The molecule has 0 aliphatic carbocycles. The van der Waals surface area contributed by atoms with Gasteiger partial charge in [-0.15, -0.1) is 0 Å². The van der Waals surface area contributed by atoms with Crippen LogP contribution in [0.5, 0.6) is 0 Å². The van der Waals surface area contributed by atoms with Gasteiger partial charge in [0.25, 0.3) is 0 Å². The average molecular weight is 257 g/mol. The number of hydrogen-bond donors (Lipinski definition) is 1. The smallest absolute Gasteiger partial charge is 0.0423 e. The van der Waals surface area contributed by atoms with Crippen LogP contribution in [0.4, 0.5) is 5.69 Å². The molecule has 0 saturated carbocycles. The highest BCUT2D eigenvalue weighted by atomic mass is 14.8. The van der Waals surface area contributed by atoms with Crippen LogP contribution in [0.3, 0.4) is 0 Å². The van der Waals surface area contributed by atoms with Gasteiger partial charge in [-0.1, -0.05) is 60.7 Å². The molecule has 0 aliphatic heterocycles. The van der Waals surface area contributed by atoms with Gasteiger partial charge in [0.05, 0.1) is 0 Å². The summed E-state index contributed by atoms with van der Waals surface area (Å²) < 4.78 is 0. The summed E-state index contributed by atoms with van der Waals surface area (Å²) in [6, 6.07) is 23.8. The summed E-state index contributed by atoms with van der Waals surface area (Å²) in [7, 11) is 1.98. The third kappa shape index (κ3) is 1.44. The van der Waals surface area contributed by atoms with E-state index in [4.69, 9.17) is 0 Å². The second-order valence-corrected chi connectivity index (χ2v) is 5.07. The van der Waals surface area contributed by atoms with Crippen LogP contribution in [-0.2, 0) is 0 Å². The molecule has 0 unspecified atom stereocenters. The van der Waals surface area contributed by atoms with E-state index in [0.29, 0.717) is 0 Å². The molecule has 1 heteroatoms. The first kappa shape index (κ1) is 11.3. The Labute approximate surface area is 117 Å². The number of rotatable bonds is 1. The molecular formula is C19H15N. The molecule has 0 radical (unpaired) electrons. The van der Waals surface area contributed by atoms with E-state index in [1.807, 2.05) is 7.05 Å². The summed E-state index contributed by atoms with van der Waals surface area (Å²) in [5.74, 6) is 0. The van der Waals surface area contributed by atoms with Crippen LogP contribution in [0, 0.1) is 0 Å². The lowest BCUT2D eigenvalue weighted by Crippen LogP contribution is -1.91. The minimum atomic E-state index is 1.18. The van der Waals surface area contributed by atoms with Gasteiger partial charge in [-0.3, -0.25) is 0 Å². The Balaban J connectivity index is 2.42. The van der Waals surface area contributed by atoms with Crippen LogP contribution >= 0.6 is 0 Å². The van der Waals surface area contributed by atoms with Gasteiger partial charge >= 0.3 is 0 Å². The van der Waals surface area contributed by atoms with Crippen molar-refractivity contribution in [2.45, 2.75) is 0 Å². The molecular weight excluding hydrogens is 242 g/mol. The Morgan fingerprint density at radius 3 is 1.55 bits per heavy atom. The van der Waals surface area contributed by atoms with Gasteiger partial charge in [0, 0.05) is 18.1 Å². The minimum absolute atomic E-state index is 1.18. The standard InChI is InChI=1S/C19H15N/c1-20-18-12-6-11-17-15-8-3-2-7-13(15)14-9-4-5-10-16(14)19(17)18/h2-12,20H,1H3. The lowest BCUT2D eigenvalue weighted by atomic mass is 9.93. The first-order chi connectivity index (χ1) is 9.90. The van der Waals surface area contributed by atoms with E-state index in [1.165, 1.54) is 38.0 Å². The van der Waals surface area contributed by atoms with Crippen molar-refractivity contribution in [2.75, 3.05) is 12.4 Å². The molecule has 1 N–H and O–H groups in total. The lowest BCUT2D eigenvalue weighted by Gasteiger charge is -2.13. The fourth-order valence-corrected chi connectivity index (χ4v) is 3.16. The SMILES string of the molecule is CNc1cccc2c3ccccc3c3ccccc3c12. The van der Waals surface area contributed by atoms with E-state index in [0.717, 1.165) is 0 Å². The number of fused-ring (bicyclic) bond motifs is 6. The molecule has 96 valence electrons. The van der Waals surface area contributed by atoms with Gasteiger partial charge in [0.1, 0.15) is 0 Å². The zero-order chi connectivity index (χ0) is 13.5.